The molecule has 2 fully saturated rings. The first-order valence-electron chi connectivity index (χ1n) is 13.5. The summed E-state index contributed by atoms with van der Waals surface area (Å²) < 4.78 is 30.9. The molecule has 3 rings (SSSR count). The highest BCUT2D eigenvalue weighted by Crippen LogP contribution is 2.45. The van der Waals surface area contributed by atoms with Gasteiger partial charge < -0.3 is 20.3 Å². The zero-order valence-corrected chi connectivity index (χ0v) is 23.7. The Labute approximate surface area is 225 Å². The Morgan fingerprint density at radius 1 is 1.08 bits per heavy atom. The van der Waals surface area contributed by atoms with Crippen molar-refractivity contribution in [2.45, 2.75) is 108 Å². The average Bonchev–Trinajstić information content (AvgIpc) is 3.24. The number of fused-ring (bicyclic) bond motifs is 2. The summed E-state index contributed by atoms with van der Waals surface area (Å²) in [5.41, 5.74) is -2.11. The Hall–Kier alpha value is -2.63. The first-order valence-corrected chi connectivity index (χ1v) is 15.4. The Balaban J connectivity index is 1.84. The lowest BCUT2D eigenvalue weighted by molar-refractivity contribution is -0.141. The van der Waals surface area contributed by atoms with Crippen LogP contribution in [0.25, 0.3) is 0 Å². The Morgan fingerprint density at radius 3 is 2.45 bits per heavy atom. The smallest absolute Gasteiger partial charge is 0.408 e. The predicted octanol–water partition coefficient (Wildman–Crippen LogP) is 2.12. The summed E-state index contributed by atoms with van der Waals surface area (Å²) in [5.74, 6) is -1.98. The van der Waals surface area contributed by atoms with Crippen LogP contribution in [0.2, 0.25) is 0 Å². The molecular weight excluding hydrogens is 512 g/mol. The molecule has 38 heavy (non-hydrogen) atoms. The van der Waals surface area contributed by atoms with Gasteiger partial charge >= 0.3 is 6.09 Å². The van der Waals surface area contributed by atoms with Crippen LogP contribution in [-0.4, -0.2) is 73.2 Å². The number of hydrogen-bond donors (Lipinski definition) is 3. The van der Waals surface area contributed by atoms with Crippen LogP contribution in [0.1, 0.15) is 85.0 Å². The Morgan fingerprint density at radius 2 is 1.76 bits per heavy atom. The van der Waals surface area contributed by atoms with E-state index in [1.807, 2.05) is 16.9 Å². The van der Waals surface area contributed by atoms with Gasteiger partial charge in [0.1, 0.15) is 23.2 Å². The van der Waals surface area contributed by atoms with Gasteiger partial charge in [-0.3, -0.25) is 19.1 Å². The second-order valence-electron chi connectivity index (χ2n) is 11.6. The quantitative estimate of drug-likeness (QED) is 0.452. The number of nitrogens with one attached hydrogen (secondary N) is 3. The predicted molar refractivity (Wildman–Crippen MR) is 141 cm³/mol. The highest BCUT2D eigenvalue weighted by atomic mass is 32.2. The van der Waals surface area contributed by atoms with Gasteiger partial charge in [-0.15, -0.1) is 0 Å². The van der Waals surface area contributed by atoms with Gasteiger partial charge in [0.05, 0.1) is 6.26 Å². The minimum Gasteiger partial charge on any atom is -0.444 e. The molecule has 1 saturated carbocycles. The van der Waals surface area contributed by atoms with Gasteiger partial charge in [0.15, 0.2) is 0 Å². The molecule has 12 heteroatoms. The fourth-order valence-corrected chi connectivity index (χ4v) is 5.68. The number of ether oxygens (including phenoxy) is 1. The number of rotatable bonds is 3. The molecule has 4 amide bonds. The standard InChI is InChI=1S/C26H42N4O7S/c1-25(2,3)37-24(34)27-19-14-11-9-7-5-6-8-10-13-18-17-26(18,23(33)29-38(4,35)36)28-21(31)20-15-12-16-30(20)22(19)32/h10,13,18-20H,5-9,11-12,14-17H2,1-4H3,(H,27,34)(H,28,31)(H,29,33)/t18-,19?,20+,26-/m1/s1. The third-order valence-electron chi connectivity index (χ3n) is 7.10. The molecule has 214 valence electrons. The normalized spacial score (nSPS) is 29.4. The molecule has 11 nitrogen and oxygen atoms in total. The van der Waals surface area contributed by atoms with Crippen molar-refractivity contribution in [2.24, 2.45) is 5.92 Å². The van der Waals surface area contributed by atoms with Crippen LogP contribution in [0.3, 0.4) is 0 Å². The van der Waals surface area contributed by atoms with Crippen LogP contribution in [0.4, 0.5) is 4.79 Å². The first kappa shape index (κ1) is 29.9. The van der Waals surface area contributed by atoms with Gasteiger partial charge in [-0.05, 0) is 59.3 Å². The molecule has 3 aliphatic rings. The molecule has 0 bridgehead atoms. The summed E-state index contributed by atoms with van der Waals surface area (Å²) in [7, 11) is -3.83. The largest absolute Gasteiger partial charge is 0.444 e. The number of hydrogen-bond acceptors (Lipinski definition) is 7. The molecule has 2 heterocycles. The number of sulfonamides is 1. The lowest BCUT2D eigenvalue weighted by atomic mass is 10.0. The van der Waals surface area contributed by atoms with E-state index < -0.39 is 51.2 Å². The summed E-state index contributed by atoms with van der Waals surface area (Å²) in [5, 5.41) is 5.50. The zero-order chi connectivity index (χ0) is 28.1. The van der Waals surface area contributed by atoms with Gasteiger partial charge in [0.25, 0.3) is 5.91 Å². The summed E-state index contributed by atoms with van der Waals surface area (Å²) in [6.45, 7) is 5.57. The molecule has 0 aromatic rings. The molecule has 0 aromatic carbocycles. The van der Waals surface area contributed by atoms with E-state index in [1.54, 1.807) is 20.8 Å². The minimum atomic E-state index is -3.83. The number of carbonyl (C=O) groups excluding carboxylic acids is 4. The number of amides is 4. The molecule has 2 aliphatic heterocycles. The minimum absolute atomic E-state index is 0.278. The van der Waals surface area contributed by atoms with Crippen LogP contribution in [0.15, 0.2) is 12.2 Å². The van der Waals surface area contributed by atoms with E-state index >= 15 is 0 Å². The van der Waals surface area contributed by atoms with E-state index in [1.165, 1.54) is 4.90 Å². The molecule has 0 aromatic heterocycles. The van der Waals surface area contributed by atoms with Crippen molar-refractivity contribution in [2.75, 3.05) is 12.8 Å². The number of allylic oxidation sites excluding steroid dienone is 1. The average molecular weight is 555 g/mol. The monoisotopic (exact) mass is 554 g/mol. The molecule has 0 spiro atoms. The lowest BCUT2D eigenvalue weighted by Crippen LogP contribution is -2.58. The molecule has 0 radical (unpaired) electrons. The number of nitrogens with zero attached hydrogens (tertiary/aromatic N) is 1. The van der Waals surface area contributed by atoms with Crippen molar-refractivity contribution < 1.29 is 32.3 Å². The summed E-state index contributed by atoms with van der Waals surface area (Å²) in [6, 6.07) is -1.67. The maximum absolute atomic E-state index is 13.6. The molecule has 3 N–H and O–H groups in total. The topological polar surface area (TPSA) is 151 Å². The maximum atomic E-state index is 13.6. The van der Waals surface area contributed by atoms with Crippen molar-refractivity contribution >= 4 is 33.8 Å². The van der Waals surface area contributed by atoms with E-state index in [0.717, 1.165) is 44.8 Å². The highest BCUT2D eigenvalue weighted by Gasteiger charge is 2.61. The summed E-state index contributed by atoms with van der Waals surface area (Å²) in [6.07, 6.45) is 11.1. The van der Waals surface area contributed by atoms with E-state index in [2.05, 4.69) is 10.6 Å². The Kier molecular flexibility index (Phi) is 9.48. The van der Waals surface area contributed by atoms with Crippen molar-refractivity contribution in [1.82, 2.24) is 20.3 Å². The number of carbonyl (C=O) groups is 4. The van der Waals surface area contributed by atoms with Crippen molar-refractivity contribution in [3.8, 4) is 0 Å². The fraction of sp³-hybridized carbons (Fsp3) is 0.769. The highest BCUT2D eigenvalue weighted by molar-refractivity contribution is 7.89. The fourth-order valence-electron chi connectivity index (χ4n) is 5.16. The zero-order valence-electron chi connectivity index (χ0n) is 22.9. The van der Waals surface area contributed by atoms with Crippen molar-refractivity contribution in [3.05, 3.63) is 12.2 Å². The van der Waals surface area contributed by atoms with Crippen LogP contribution in [-0.2, 0) is 29.1 Å². The van der Waals surface area contributed by atoms with E-state index in [9.17, 15) is 27.6 Å². The second kappa shape index (κ2) is 12.0. The van der Waals surface area contributed by atoms with E-state index in [0.29, 0.717) is 25.8 Å². The van der Waals surface area contributed by atoms with E-state index in [4.69, 9.17) is 4.74 Å². The second-order valence-corrected chi connectivity index (χ2v) is 13.4. The van der Waals surface area contributed by atoms with Crippen LogP contribution >= 0.6 is 0 Å². The van der Waals surface area contributed by atoms with Crippen LogP contribution < -0.4 is 15.4 Å². The van der Waals surface area contributed by atoms with Gasteiger partial charge in [-0.1, -0.05) is 37.8 Å². The maximum Gasteiger partial charge on any atom is 0.408 e. The van der Waals surface area contributed by atoms with Crippen molar-refractivity contribution in [1.29, 1.82) is 0 Å². The van der Waals surface area contributed by atoms with Gasteiger partial charge in [-0.25, -0.2) is 13.2 Å². The lowest BCUT2D eigenvalue weighted by Gasteiger charge is -2.30. The van der Waals surface area contributed by atoms with Crippen molar-refractivity contribution in [3.63, 3.8) is 0 Å². The molecule has 1 unspecified atom stereocenters. The van der Waals surface area contributed by atoms with E-state index in [-0.39, 0.29) is 18.2 Å². The summed E-state index contributed by atoms with van der Waals surface area (Å²) in [4.78, 5) is 54.0. The summed E-state index contributed by atoms with van der Waals surface area (Å²) >= 11 is 0. The van der Waals surface area contributed by atoms with Gasteiger partial charge in [-0.2, -0.15) is 0 Å². The van der Waals surface area contributed by atoms with Crippen LogP contribution in [0, 0.1) is 5.92 Å². The molecule has 4 atom stereocenters. The number of alkyl carbamates (subject to hydrolysis) is 1. The Bertz CT molecular complexity index is 1050. The first-order chi connectivity index (χ1) is 17.7. The van der Waals surface area contributed by atoms with Crippen LogP contribution in [0.5, 0.6) is 0 Å². The third-order valence-corrected chi connectivity index (χ3v) is 7.66. The molecule has 1 aliphatic carbocycles. The SMILES string of the molecule is CC(C)(C)OC(=O)NC1CCCCCCCC=C[C@@H]2C[C@@]2(C(=O)NS(C)(=O)=O)NC(=O)[C@@H]2CCCN2C1=O. The molecule has 1 saturated heterocycles. The molecular formula is C26H42N4O7S. The van der Waals surface area contributed by atoms with Gasteiger partial charge in [0, 0.05) is 12.5 Å². The third kappa shape index (κ3) is 8.18. The van der Waals surface area contributed by atoms with Gasteiger partial charge in [0.2, 0.25) is 21.8 Å².